The van der Waals surface area contributed by atoms with E-state index in [1.165, 1.54) is 0 Å². The van der Waals surface area contributed by atoms with Gasteiger partial charge in [-0.25, -0.2) is 8.42 Å². The second-order valence-corrected chi connectivity index (χ2v) is 10.3. The molecule has 1 saturated heterocycles. The molecule has 26 heavy (non-hydrogen) atoms. The average Bonchev–Trinajstić information content (AvgIpc) is 2.86. The second kappa shape index (κ2) is 8.87. The van der Waals surface area contributed by atoms with Crippen LogP contribution >= 0.6 is 23.8 Å². The largest absolute Gasteiger partial charge is 0.345 e. The van der Waals surface area contributed by atoms with E-state index < -0.39 is 9.84 Å². The Bertz CT molecular complexity index is 743. The van der Waals surface area contributed by atoms with Crippen molar-refractivity contribution in [1.82, 2.24) is 9.80 Å². The van der Waals surface area contributed by atoms with E-state index in [0.29, 0.717) is 23.1 Å². The van der Waals surface area contributed by atoms with Gasteiger partial charge >= 0.3 is 0 Å². The Balaban J connectivity index is 2.17. The molecule has 0 aliphatic carbocycles. The molecule has 1 aromatic carbocycles. The normalized spacial score (nSPS) is 18.9. The number of aryl methyl sites for hydroxylation is 2. The maximum atomic E-state index is 11.9. The molecule has 0 bridgehead atoms. The highest BCUT2D eigenvalue weighted by Gasteiger charge is 2.33. The number of hydrogen-bond acceptors (Lipinski definition) is 4. The van der Waals surface area contributed by atoms with E-state index in [4.69, 9.17) is 23.8 Å². The molecule has 8 heteroatoms. The first-order chi connectivity index (χ1) is 12.1. The van der Waals surface area contributed by atoms with Crippen molar-refractivity contribution in [3.05, 3.63) is 28.3 Å². The SMILES string of the molecule is Cc1cc(C)c(NC(=S)N(CCCN(C)C)[C@H]2CCS(=O)(=O)C2)c(Cl)c1. The van der Waals surface area contributed by atoms with Crippen molar-refractivity contribution < 1.29 is 8.42 Å². The van der Waals surface area contributed by atoms with Crippen LogP contribution < -0.4 is 5.32 Å². The minimum Gasteiger partial charge on any atom is -0.345 e. The molecule has 2 rings (SSSR count). The van der Waals surface area contributed by atoms with Gasteiger partial charge in [0.25, 0.3) is 0 Å². The lowest BCUT2D eigenvalue weighted by molar-refractivity contribution is 0.306. The maximum absolute atomic E-state index is 11.9. The summed E-state index contributed by atoms with van der Waals surface area (Å²) in [4.78, 5) is 4.14. The minimum atomic E-state index is -2.98. The summed E-state index contributed by atoms with van der Waals surface area (Å²) in [6, 6.07) is 3.87. The van der Waals surface area contributed by atoms with Crippen molar-refractivity contribution >= 4 is 44.5 Å². The lowest BCUT2D eigenvalue weighted by atomic mass is 10.1. The summed E-state index contributed by atoms with van der Waals surface area (Å²) in [7, 11) is 1.07. The van der Waals surface area contributed by atoms with E-state index in [1.54, 1.807) is 0 Å². The molecule has 1 atom stereocenters. The number of sulfone groups is 1. The number of rotatable bonds is 6. The molecule has 0 aromatic heterocycles. The minimum absolute atomic E-state index is 0.0771. The van der Waals surface area contributed by atoms with Gasteiger partial charge in [-0.2, -0.15) is 0 Å². The lowest BCUT2D eigenvalue weighted by Gasteiger charge is -2.32. The van der Waals surface area contributed by atoms with Crippen LogP contribution in [0.1, 0.15) is 24.0 Å². The molecule has 0 saturated carbocycles. The molecule has 1 aliphatic heterocycles. The van der Waals surface area contributed by atoms with Crippen LogP contribution in [0, 0.1) is 13.8 Å². The zero-order valence-electron chi connectivity index (χ0n) is 15.9. The summed E-state index contributed by atoms with van der Waals surface area (Å²) >= 11 is 12.0. The summed E-state index contributed by atoms with van der Waals surface area (Å²) < 4.78 is 23.9. The fourth-order valence-electron chi connectivity index (χ4n) is 3.28. The molecule has 1 fully saturated rings. The van der Waals surface area contributed by atoms with Crippen molar-refractivity contribution in [2.45, 2.75) is 32.7 Å². The van der Waals surface area contributed by atoms with Crippen molar-refractivity contribution in [2.75, 3.05) is 44.0 Å². The number of halogens is 1. The highest BCUT2D eigenvalue weighted by atomic mass is 35.5. The van der Waals surface area contributed by atoms with E-state index in [1.807, 2.05) is 45.0 Å². The first-order valence-electron chi connectivity index (χ1n) is 8.78. The Morgan fingerprint density at radius 3 is 2.54 bits per heavy atom. The van der Waals surface area contributed by atoms with Gasteiger partial charge in [0.2, 0.25) is 0 Å². The number of nitrogens with zero attached hydrogens (tertiary/aromatic N) is 2. The summed E-state index contributed by atoms with van der Waals surface area (Å²) in [5.41, 5.74) is 2.90. The second-order valence-electron chi connectivity index (χ2n) is 7.28. The molecule has 1 aromatic rings. The summed E-state index contributed by atoms with van der Waals surface area (Å²) in [6.45, 7) is 5.62. The number of hydrogen-bond donors (Lipinski definition) is 1. The smallest absolute Gasteiger partial charge is 0.173 e. The average molecular weight is 418 g/mol. The third-order valence-corrected chi connectivity index (χ3v) is 6.96. The number of benzene rings is 1. The van der Waals surface area contributed by atoms with Crippen LogP contribution in [0.2, 0.25) is 5.02 Å². The zero-order chi connectivity index (χ0) is 19.5. The molecular weight excluding hydrogens is 390 g/mol. The molecule has 0 spiro atoms. The molecule has 1 aliphatic rings. The predicted octanol–water partition coefficient (Wildman–Crippen LogP) is 3.09. The molecule has 1 heterocycles. The van der Waals surface area contributed by atoms with Gasteiger partial charge in [0.05, 0.1) is 22.2 Å². The van der Waals surface area contributed by atoms with E-state index >= 15 is 0 Å². The van der Waals surface area contributed by atoms with Crippen molar-refractivity contribution in [1.29, 1.82) is 0 Å². The Labute approximate surface area is 167 Å². The summed E-state index contributed by atoms with van der Waals surface area (Å²) in [5.74, 6) is 0.395. The van der Waals surface area contributed by atoms with Crippen molar-refractivity contribution in [3.63, 3.8) is 0 Å². The number of thiocarbonyl (C=S) groups is 1. The van der Waals surface area contributed by atoms with Gasteiger partial charge in [-0.3, -0.25) is 0 Å². The Morgan fingerprint density at radius 1 is 1.31 bits per heavy atom. The molecule has 146 valence electrons. The van der Waals surface area contributed by atoms with Crippen LogP contribution in [0.15, 0.2) is 12.1 Å². The van der Waals surface area contributed by atoms with Gasteiger partial charge in [-0.15, -0.1) is 0 Å². The van der Waals surface area contributed by atoms with Gasteiger partial charge < -0.3 is 15.1 Å². The first kappa shape index (κ1) is 21.4. The van der Waals surface area contributed by atoms with Crippen LogP contribution in [0.5, 0.6) is 0 Å². The quantitative estimate of drug-likeness (QED) is 0.718. The van der Waals surface area contributed by atoms with Crippen molar-refractivity contribution in [3.8, 4) is 0 Å². The topological polar surface area (TPSA) is 52.6 Å². The van der Waals surface area contributed by atoms with Crippen LogP contribution in [-0.2, 0) is 9.84 Å². The fraction of sp³-hybridized carbons (Fsp3) is 0.611. The van der Waals surface area contributed by atoms with Crippen LogP contribution in [0.3, 0.4) is 0 Å². The maximum Gasteiger partial charge on any atom is 0.173 e. The number of nitrogens with one attached hydrogen (secondary N) is 1. The van der Waals surface area contributed by atoms with Gasteiger partial charge in [0.15, 0.2) is 14.9 Å². The van der Waals surface area contributed by atoms with Crippen LogP contribution in [-0.4, -0.2) is 68.1 Å². The van der Waals surface area contributed by atoms with Gasteiger partial charge in [0.1, 0.15) is 0 Å². The molecule has 5 nitrogen and oxygen atoms in total. The van der Waals surface area contributed by atoms with Crippen molar-refractivity contribution in [2.24, 2.45) is 0 Å². The van der Waals surface area contributed by atoms with Gasteiger partial charge in [0, 0.05) is 12.6 Å². The van der Waals surface area contributed by atoms with Gasteiger partial charge in [-0.05, 0) is 76.7 Å². The number of anilines is 1. The monoisotopic (exact) mass is 417 g/mol. The predicted molar refractivity (Wildman–Crippen MR) is 114 cm³/mol. The van der Waals surface area contributed by atoms with E-state index in [2.05, 4.69) is 10.2 Å². The highest BCUT2D eigenvalue weighted by molar-refractivity contribution is 7.91. The standard InChI is InChI=1S/C18H28ClN3O2S2/c1-13-10-14(2)17(16(19)11-13)20-18(25)22(8-5-7-21(3)4)15-6-9-26(23,24)12-15/h10-11,15H,5-9,12H2,1-4H3,(H,20,25)/t15-/m0/s1. The van der Waals surface area contributed by atoms with Crippen LogP contribution in [0.4, 0.5) is 5.69 Å². The van der Waals surface area contributed by atoms with E-state index in [-0.39, 0.29) is 17.5 Å². The molecule has 0 unspecified atom stereocenters. The summed E-state index contributed by atoms with van der Waals surface area (Å²) in [5, 5.41) is 4.43. The Kier molecular flexibility index (Phi) is 7.30. The third kappa shape index (κ3) is 5.81. The molecular formula is C18H28ClN3O2S2. The molecule has 0 radical (unpaired) electrons. The zero-order valence-corrected chi connectivity index (χ0v) is 18.3. The highest BCUT2D eigenvalue weighted by Crippen LogP contribution is 2.28. The molecule has 1 N–H and O–H groups in total. The Morgan fingerprint density at radius 2 is 2.00 bits per heavy atom. The fourth-order valence-corrected chi connectivity index (χ4v) is 5.72. The van der Waals surface area contributed by atoms with E-state index in [0.717, 1.165) is 29.8 Å². The Hall–Kier alpha value is -0.890. The van der Waals surface area contributed by atoms with Crippen LogP contribution in [0.25, 0.3) is 0 Å². The van der Waals surface area contributed by atoms with Gasteiger partial charge in [-0.1, -0.05) is 17.7 Å². The first-order valence-corrected chi connectivity index (χ1v) is 11.4. The lowest BCUT2D eigenvalue weighted by Crippen LogP contribution is -2.44. The molecule has 0 amide bonds. The summed E-state index contributed by atoms with van der Waals surface area (Å²) in [6.07, 6.45) is 1.53. The third-order valence-electron chi connectivity index (χ3n) is 4.58. The van der Waals surface area contributed by atoms with E-state index in [9.17, 15) is 8.42 Å².